The van der Waals surface area contributed by atoms with Crippen molar-refractivity contribution in [3.63, 3.8) is 0 Å². The number of carbonyl (C=O) groups is 7. The molecule has 0 amide bonds. The van der Waals surface area contributed by atoms with Gasteiger partial charge in [0.2, 0.25) is 0 Å². The average molecular weight is 623 g/mol. The van der Waals surface area contributed by atoms with Gasteiger partial charge in [-0.1, -0.05) is 32.9 Å². The van der Waals surface area contributed by atoms with Crippen molar-refractivity contribution in [2.45, 2.75) is 19.8 Å². The maximum atomic E-state index is 12.3. The molecule has 0 unspecified atom stereocenters. The lowest BCUT2D eigenvalue weighted by molar-refractivity contribution is -0.171. The van der Waals surface area contributed by atoms with Crippen LogP contribution in [0, 0.1) is 10.8 Å². The number of ketones is 1. The molecule has 0 saturated heterocycles. The minimum atomic E-state index is -1.54. The van der Waals surface area contributed by atoms with Crippen LogP contribution in [0.3, 0.4) is 0 Å². The molecule has 0 aromatic rings. The maximum Gasteiger partial charge on any atom is 0.330 e. The van der Waals surface area contributed by atoms with Gasteiger partial charge < -0.3 is 38.0 Å². The van der Waals surface area contributed by atoms with Gasteiger partial charge in [0.15, 0.2) is 0 Å². The molecule has 0 aliphatic rings. The number of rotatable bonds is 24. The molecule has 0 aliphatic heterocycles. The monoisotopic (exact) mass is 622 g/mol. The Hall–Kier alpha value is -4.85. The zero-order valence-corrected chi connectivity index (χ0v) is 24.7. The third-order valence-corrected chi connectivity index (χ3v) is 5.47. The maximum absolute atomic E-state index is 12.3. The molecule has 44 heavy (non-hydrogen) atoms. The fourth-order valence-electron chi connectivity index (χ4n) is 2.98. The summed E-state index contributed by atoms with van der Waals surface area (Å²) in [5, 5.41) is 0. The molecular formula is C30H38O14. The summed E-state index contributed by atoms with van der Waals surface area (Å²) in [6.45, 7) is 13.9. The lowest BCUT2D eigenvalue weighted by Gasteiger charge is -2.35. The third kappa shape index (κ3) is 16.6. The van der Waals surface area contributed by atoms with Crippen LogP contribution in [0.1, 0.15) is 19.8 Å². The van der Waals surface area contributed by atoms with Gasteiger partial charge in [0.1, 0.15) is 45.4 Å². The molecule has 14 nitrogen and oxygen atoms in total. The second-order valence-electron chi connectivity index (χ2n) is 9.41. The first-order valence-electron chi connectivity index (χ1n) is 13.0. The Kier molecular flexibility index (Phi) is 18.6. The van der Waals surface area contributed by atoms with E-state index in [9.17, 15) is 33.6 Å². The normalized spacial score (nSPS) is 10.7. The molecule has 0 aromatic heterocycles. The van der Waals surface area contributed by atoms with Crippen LogP contribution < -0.4 is 0 Å². The third-order valence-electron chi connectivity index (χ3n) is 5.47. The molecule has 0 aromatic carbocycles. The number of hydrogen-bond acceptors (Lipinski definition) is 14. The first kappa shape index (κ1) is 39.1. The Bertz CT molecular complexity index is 1020. The summed E-state index contributed by atoms with van der Waals surface area (Å²) >= 11 is 0. The zero-order chi connectivity index (χ0) is 33.6. The van der Waals surface area contributed by atoms with E-state index >= 15 is 0 Å². The van der Waals surface area contributed by atoms with Crippen LogP contribution in [0.25, 0.3) is 0 Å². The van der Waals surface area contributed by atoms with Gasteiger partial charge in [-0.25, -0.2) is 24.0 Å². The van der Waals surface area contributed by atoms with Gasteiger partial charge in [0.25, 0.3) is 0 Å². The quantitative estimate of drug-likeness (QED) is 0.0857. The number of hydrogen-bond donors (Lipinski definition) is 0. The number of carbonyl (C=O) groups excluding carboxylic acids is 7. The molecule has 0 radical (unpaired) electrons. The lowest BCUT2D eigenvalue weighted by Crippen LogP contribution is -2.47. The van der Waals surface area contributed by atoms with E-state index in [4.69, 9.17) is 33.2 Å². The Morgan fingerprint density at radius 1 is 0.455 bits per heavy atom. The topological polar surface area (TPSA) is 184 Å². The molecule has 0 heterocycles. The van der Waals surface area contributed by atoms with E-state index in [1.54, 1.807) is 0 Å². The van der Waals surface area contributed by atoms with Crippen LogP contribution in [0.15, 0.2) is 63.3 Å². The first-order chi connectivity index (χ1) is 20.8. The molecule has 0 spiro atoms. The molecule has 0 fully saturated rings. The highest BCUT2D eigenvalue weighted by molar-refractivity contribution is 5.83. The van der Waals surface area contributed by atoms with Gasteiger partial charge in [0.05, 0.1) is 30.5 Å². The van der Waals surface area contributed by atoms with Crippen LogP contribution in [-0.2, 0) is 66.7 Å². The fourth-order valence-corrected chi connectivity index (χ4v) is 2.98. The molecule has 0 rings (SSSR count). The minimum absolute atomic E-state index is 0.0853. The molecule has 0 aliphatic carbocycles. The molecule has 242 valence electrons. The summed E-state index contributed by atoms with van der Waals surface area (Å²) < 4.78 is 37.0. The second-order valence-corrected chi connectivity index (χ2v) is 9.41. The van der Waals surface area contributed by atoms with Gasteiger partial charge in [-0.15, -0.1) is 0 Å². The molecule has 0 atom stereocenters. The highest BCUT2D eigenvalue weighted by Crippen LogP contribution is 2.26. The molecule has 0 N–H and O–H groups in total. The molecular weight excluding hydrogens is 584 g/mol. The van der Waals surface area contributed by atoms with E-state index in [0.717, 1.165) is 30.4 Å². The summed E-state index contributed by atoms with van der Waals surface area (Å²) in [5.41, 5.74) is -3.06. The van der Waals surface area contributed by atoms with E-state index < -0.39 is 99.5 Å². The van der Waals surface area contributed by atoms with Crippen LogP contribution in [0.2, 0.25) is 0 Å². The largest absolute Gasteiger partial charge is 0.465 e. The predicted molar refractivity (Wildman–Crippen MR) is 152 cm³/mol. The summed E-state index contributed by atoms with van der Waals surface area (Å²) in [5.74, 6) is -5.28. The highest BCUT2D eigenvalue weighted by Gasteiger charge is 2.40. The van der Waals surface area contributed by atoms with E-state index in [1.165, 1.54) is 6.92 Å². The Balaban J connectivity index is 6.37. The van der Waals surface area contributed by atoms with Gasteiger partial charge >= 0.3 is 35.8 Å². The van der Waals surface area contributed by atoms with Crippen LogP contribution >= 0.6 is 0 Å². The zero-order valence-electron chi connectivity index (χ0n) is 24.7. The summed E-state index contributed by atoms with van der Waals surface area (Å²) in [6.07, 6.45) is 4.06. The van der Waals surface area contributed by atoms with Gasteiger partial charge in [-0.2, -0.15) is 0 Å². The minimum Gasteiger partial charge on any atom is -0.465 e. The Labute approximate surface area is 255 Å². The highest BCUT2D eigenvalue weighted by atomic mass is 16.6. The predicted octanol–water partition coefficient (Wildman–Crippen LogP) is 1.53. The Morgan fingerprint density at radius 2 is 0.727 bits per heavy atom. The standard InChI is InChI=1S/C30H38O14/c1-7-23(32)39-16-29(17-40-24(33)8-2,18-41-25(34)9-3)14-38-15-30(19-42-26(35)10-4,20-43-27(36)11-5)21-44-28(37)13-12-22(6)31/h7-11H,1-5,12-21H2,6H3. The molecule has 0 bridgehead atoms. The van der Waals surface area contributed by atoms with Gasteiger partial charge in [-0.3, -0.25) is 4.79 Å². The first-order valence-corrected chi connectivity index (χ1v) is 13.0. The van der Waals surface area contributed by atoms with E-state index in [-0.39, 0.29) is 18.6 Å². The number of Topliss-reactive ketones (excluding diaryl/α,β-unsaturated/α-hetero) is 1. The van der Waals surface area contributed by atoms with Crippen molar-refractivity contribution < 1.29 is 66.7 Å². The van der Waals surface area contributed by atoms with Crippen molar-refractivity contribution in [2.75, 3.05) is 52.9 Å². The SMILES string of the molecule is C=CC(=O)OCC(COCC(COC(=O)C=C)(COC(=O)C=C)COC(=O)CCC(C)=O)(COC(=O)C=C)COC(=O)C=C. The fraction of sp³-hybridized carbons (Fsp3) is 0.433. The van der Waals surface area contributed by atoms with Gasteiger partial charge in [0, 0.05) is 36.8 Å². The second kappa shape index (κ2) is 20.9. The molecule has 14 heteroatoms. The van der Waals surface area contributed by atoms with Crippen LogP contribution in [0.5, 0.6) is 0 Å². The van der Waals surface area contributed by atoms with E-state index in [2.05, 4.69) is 32.9 Å². The van der Waals surface area contributed by atoms with Crippen LogP contribution in [0.4, 0.5) is 0 Å². The summed E-state index contributed by atoms with van der Waals surface area (Å²) in [7, 11) is 0. The van der Waals surface area contributed by atoms with Crippen molar-refractivity contribution in [3.05, 3.63) is 63.3 Å². The van der Waals surface area contributed by atoms with E-state index in [0.29, 0.717) is 0 Å². The van der Waals surface area contributed by atoms with E-state index in [1.807, 2.05) is 0 Å². The summed E-state index contributed by atoms with van der Waals surface area (Å²) in [6, 6.07) is 0. The lowest BCUT2D eigenvalue weighted by atomic mass is 9.90. The van der Waals surface area contributed by atoms with Crippen molar-refractivity contribution in [1.82, 2.24) is 0 Å². The number of esters is 6. The average Bonchev–Trinajstić information content (AvgIpc) is 3.03. The number of ether oxygens (including phenoxy) is 7. The Morgan fingerprint density at radius 3 is 0.977 bits per heavy atom. The van der Waals surface area contributed by atoms with Crippen molar-refractivity contribution in [2.24, 2.45) is 10.8 Å². The smallest absolute Gasteiger partial charge is 0.330 e. The van der Waals surface area contributed by atoms with Crippen molar-refractivity contribution >= 4 is 41.6 Å². The van der Waals surface area contributed by atoms with Crippen molar-refractivity contribution in [1.29, 1.82) is 0 Å². The van der Waals surface area contributed by atoms with Crippen molar-refractivity contribution in [3.8, 4) is 0 Å². The molecule has 0 saturated carbocycles. The van der Waals surface area contributed by atoms with Crippen LogP contribution in [-0.4, -0.2) is 94.5 Å². The summed E-state index contributed by atoms with van der Waals surface area (Å²) in [4.78, 5) is 83.0. The van der Waals surface area contributed by atoms with Gasteiger partial charge in [-0.05, 0) is 6.92 Å².